The van der Waals surface area contributed by atoms with E-state index in [1.54, 1.807) is 0 Å². The van der Waals surface area contributed by atoms with Crippen molar-refractivity contribution < 1.29 is 4.79 Å². The van der Waals surface area contributed by atoms with Crippen molar-refractivity contribution in [1.82, 2.24) is 4.90 Å². The molecule has 0 amide bonds. The van der Waals surface area contributed by atoms with E-state index >= 15 is 0 Å². The quantitative estimate of drug-likeness (QED) is 0.725. The predicted molar refractivity (Wildman–Crippen MR) is 65.2 cm³/mol. The molecule has 1 fully saturated rings. The molecule has 0 saturated carbocycles. The summed E-state index contributed by atoms with van der Waals surface area (Å²) >= 11 is 0. The summed E-state index contributed by atoms with van der Waals surface area (Å²) in [7, 11) is 0. The summed E-state index contributed by atoms with van der Waals surface area (Å²) in [5, 5.41) is 0. The van der Waals surface area contributed by atoms with E-state index in [-0.39, 0.29) is 11.6 Å². The van der Waals surface area contributed by atoms with Gasteiger partial charge in [-0.25, -0.2) is 0 Å². The van der Waals surface area contributed by atoms with E-state index in [0.717, 1.165) is 25.7 Å². The fraction of sp³-hybridized carbons (Fsp3) is 0.500. The molecule has 0 bridgehead atoms. The van der Waals surface area contributed by atoms with Gasteiger partial charge in [-0.15, -0.1) is 0 Å². The summed E-state index contributed by atoms with van der Waals surface area (Å²) in [5.41, 5.74) is 1.42. The lowest BCUT2D eigenvalue weighted by Crippen LogP contribution is -2.42. The van der Waals surface area contributed by atoms with E-state index < -0.39 is 0 Å². The van der Waals surface area contributed by atoms with Gasteiger partial charge >= 0.3 is 0 Å². The van der Waals surface area contributed by atoms with Crippen LogP contribution in [0.2, 0.25) is 0 Å². The van der Waals surface area contributed by atoms with Crippen molar-refractivity contribution in [2.24, 2.45) is 0 Å². The highest BCUT2D eigenvalue weighted by atomic mass is 16.1. The van der Waals surface area contributed by atoms with E-state index in [9.17, 15) is 4.79 Å². The zero-order chi connectivity index (χ0) is 11.6. The van der Waals surface area contributed by atoms with Crippen LogP contribution in [0.15, 0.2) is 30.3 Å². The Balaban J connectivity index is 2.15. The zero-order valence-corrected chi connectivity index (χ0v) is 10.0. The maximum Gasteiger partial charge on any atom is 0.137 e. The molecule has 1 heterocycles. The van der Waals surface area contributed by atoms with Gasteiger partial charge < -0.3 is 4.79 Å². The first kappa shape index (κ1) is 11.3. The normalized spacial score (nSPS) is 24.5. The molecule has 1 aromatic rings. The summed E-state index contributed by atoms with van der Waals surface area (Å²) in [6, 6.07) is 10.5. The molecule has 1 aliphatic heterocycles. The lowest BCUT2D eigenvalue weighted by Gasteiger charge is -2.34. The Bertz CT molecular complexity index is 358. The first-order valence-electron chi connectivity index (χ1n) is 5.89. The Hall–Kier alpha value is -1.15. The fourth-order valence-corrected chi connectivity index (χ4v) is 2.50. The maximum absolute atomic E-state index is 11.1. The molecule has 0 radical (unpaired) electrons. The van der Waals surface area contributed by atoms with Crippen LogP contribution in [-0.4, -0.2) is 22.8 Å². The molecule has 0 aliphatic carbocycles. The average Bonchev–Trinajstić information content (AvgIpc) is 2.56. The van der Waals surface area contributed by atoms with Crippen molar-refractivity contribution in [2.75, 3.05) is 0 Å². The first-order valence-corrected chi connectivity index (χ1v) is 5.89. The number of rotatable bonds is 3. The number of hydrogen-bond donors (Lipinski definition) is 0. The minimum Gasteiger partial charge on any atom is -0.302 e. The van der Waals surface area contributed by atoms with Gasteiger partial charge in [0, 0.05) is 12.1 Å². The van der Waals surface area contributed by atoms with Gasteiger partial charge in [0.15, 0.2) is 0 Å². The van der Waals surface area contributed by atoms with Crippen LogP contribution in [-0.2, 0) is 11.3 Å². The Morgan fingerprint density at radius 2 is 2.06 bits per heavy atom. The molecule has 2 nitrogen and oxygen atoms in total. The van der Waals surface area contributed by atoms with Gasteiger partial charge in [0.1, 0.15) is 6.29 Å². The molecular formula is C14H19NO. The second-order valence-corrected chi connectivity index (χ2v) is 5.17. The highest BCUT2D eigenvalue weighted by Gasteiger charge is 2.38. The molecule has 1 aromatic carbocycles. The van der Waals surface area contributed by atoms with Gasteiger partial charge in [-0.2, -0.15) is 0 Å². The van der Waals surface area contributed by atoms with Gasteiger partial charge in [-0.1, -0.05) is 30.3 Å². The molecule has 1 unspecified atom stereocenters. The smallest absolute Gasteiger partial charge is 0.137 e. The molecule has 0 aromatic heterocycles. The van der Waals surface area contributed by atoms with Crippen molar-refractivity contribution in [1.29, 1.82) is 0 Å². The summed E-state index contributed by atoms with van der Waals surface area (Å²) in [4.78, 5) is 13.4. The standard InChI is InChI=1S/C14H19NO/c1-14(2)9-8-13(11-16)15(14)10-12-6-4-3-5-7-12/h3-7,11,13H,8-10H2,1-2H3. The lowest BCUT2D eigenvalue weighted by molar-refractivity contribution is -0.112. The van der Waals surface area contributed by atoms with Gasteiger partial charge in [-0.3, -0.25) is 4.90 Å². The van der Waals surface area contributed by atoms with Crippen molar-refractivity contribution in [2.45, 2.75) is 44.8 Å². The third-order valence-corrected chi connectivity index (χ3v) is 3.58. The van der Waals surface area contributed by atoms with E-state index in [0.29, 0.717) is 0 Å². The van der Waals surface area contributed by atoms with Crippen LogP contribution in [0.1, 0.15) is 32.3 Å². The number of carbonyl (C=O) groups excluding carboxylic acids is 1. The Kier molecular flexibility index (Phi) is 3.10. The maximum atomic E-state index is 11.1. The molecule has 1 atom stereocenters. The van der Waals surface area contributed by atoms with Crippen molar-refractivity contribution in [3.63, 3.8) is 0 Å². The van der Waals surface area contributed by atoms with Gasteiger partial charge in [-0.05, 0) is 32.3 Å². The summed E-state index contributed by atoms with van der Waals surface area (Å²) < 4.78 is 0. The van der Waals surface area contributed by atoms with Gasteiger partial charge in [0.2, 0.25) is 0 Å². The summed E-state index contributed by atoms with van der Waals surface area (Å²) in [5.74, 6) is 0. The third kappa shape index (κ3) is 2.17. The van der Waals surface area contributed by atoms with E-state index in [4.69, 9.17) is 0 Å². The third-order valence-electron chi connectivity index (χ3n) is 3.58. The van der Waals surface area contributed by atoms with Crippen LogP contribution >= 0.6 is 0 Å². The Morgan fingerprint density at radius 3 is 2.69 bits per heavy atom. The Labute approximate surface area is 97.3 Å². The van der Waals surface area contributed by atoms with Crippen molar-refractivity contribution in [3.8, 4) is 0 Å². The van der Waals surface area contributed by atoms with Crippen molar-refractivity contribution >= 4 is 6.29 Å². The first-order chi connectivity index (χ1) is 7.63. The van der Waals surface area contributed by atoms with Crippen LogP contribution < -0.4 is 0 Å². The van der Waals surface area contributed by atoms with Gasteiger partial charge in [0.05, 0.1) is 6.04 Å². The van der Waals surface area contributed by atoms with Crippen LogP contribution in [0.4, 0.5) is 0 Å². The molecule has 16 heavy (non-hydrogen) atoms. The molecule has 2 rings (SSSR count). The minimum atomic E-state index is 0.0928. The van der Waals surface area contributed by atoms with Crippen LogP contribution in [0, 0.1) is 0 Å². The van der Waals surface area contributed by atoms with E-state index in [1.165, 1.54) is 5.56 Å². The number of carbonyl (C=O) groups is 1. The zero-order valence-electron chi connectivity index (χ0n) is 10.0. The van der Waals surface area contributed by atoms with Gasteiger partial charge in [0.25, 0.3) is 0 Å². The molecule has 2 heteroatoms. The fourth-order valence-electron chi connectivity index (χ4n) is 2.50. The SMILES string of the molecule is CC1(C)CCC(C=O)N1Cc1ccccc1. The summed E-state index contributed by atoms with van der Waals surface area (Å²) in [6.07, 6.45) is 3.18. The largest absolute Gasteiger partial charge is 0.302 e. The number of nitrogens with zero attached hydrogens (tertiary/aromatic N) is 1. The number of aldehydes is 1. The highest BCUT2D eigenvalue weighted by molar-refractivity contribution is 5.58. The molecule has 1 saturated heterocycles. The molecular weight excluding hydrogens is 198 g/mol. The highest BCUT2D eigenvalue weighted by Crippen LogP contribution is 2.33. The van der Waals surface area contributed by atoms with E-state index in [1.807, 2.05) is 18.2 Å². The topological polar surface area (TPSA) is 20.3 Å². The monoisotopic (exact) mass is 217 g/mol. The number of likely N-dealkylation sites (tertiary alicyclic amines) is 1. The second kappa shape index (κ2) is 4.38. The van der Waals surface area contributed by atoms with Crippen LogP contribution in [0.25, 0.3) is 0 Å². The average molecular weight is 217 g/mol. The molecule has 0 spiro atoms. The van der Waals surface area contributed by atoms with E-state index in [2.05, 4.69) is 30.9 Å². The minimum absolute atomic E-state index is 0.0928. The number of benzene rings is 1. The molecule has 86 valence electrons. The lowest BCUT2D eigenvalue weighted by atomic mass is 10.0. The van der Waals surface area contributed by atoms with Crippen LogP contribution in [0.5, 0.6) is 0 Å². The van der Waals surface area contributed by atoms with Crippen LogP contribution in [0.3, 0.4) is 0 Å². The Morgan fingerprint density at radius 1 is 1.38 bits per heavy atom. The summed E-state index contributed by atoms with van der Waals surface area (Å²) in [6.45, 7) is 5.32. The van der Waals surface area contributed by atoms with Crippen molar-refractivity contribution in [3.05, 3.63) is 35.9 Å². The molecule has 0 N–H and O–H groups in total. The predicted octanol–water partition coefficient (Wildman–Crippen LogP) is 2.63. The second-order valence-electron chi connectivity index (χ2n) is 5.17. The molecule has 1 aliphatic rings. The number of hydrogen-bond acceptors (Lipinski definition) is 2.